The summed E-state index contributed by atoms with van der Waals surface area (Å²) in [4.78, 5) is 14.1. The molecule has 0 radical (unpaired) electrons. The SMILES string of the molecule is CC(C)c1nccn1CCCNc1nc(-c2ccccc2)nc2c1CCC2. The number of imidazole rings is 1. The van der Waals surface area contributed by atoms with E-state index in [4.69, 9.17) is 9.97 Å². The van der Waals surface area contributed by atoms with Crippen molar-refractivity contribution in [2.75, 3.05) is 11.9 Å². The molecule has 27 heavy (non-hydrogen) atoms. The molecule has 4 rings (SSSR count). The molecule has 0 unspecified atom stereocenters. The van der Waals surface area contributed by atoms with Crippen LogP contribution in [0.3, 0.4) is 0 Å². The number of anilines is 1. The lowest BCUT2D eigenvalue weighted by Gasteiger charge is -2.14. The zero-order valence-electron chi connectivity index (χ0n) is 16.2. The van der Waals surface area contributed by atoms with E-state index in [0.29, 0.717) is 5.92 Å². The highest BCUT2D eigenvalue weighted by molar-refractivity contribution is 5.60. The minimum Gasteiger partial charge on any atom is -0.370 e. The van der Waals surface area contributed by atoms with Crippen molar-refractivity contribution in [2.45, 2.75) is 52.0 Å². The topological polar surface area (TPSA) is 55.6 Å². The molecule has 1 aromatic carbocycles. The summed E-state index contributed by atoms with van der Waals surface area (Å²) in [7, 11) is 0. The highest BCUT2D eigenvalue weighted by Gasteiger charge is 2.19. The molecule has 0 saturated carbocycles. The molecule has 2 heterocycles. The molecular formula is C22H27N5. The third-order valence-corrected chi connectivity index (χ3v) is 5.10. The van der Waals surface area contributed by atoms with Crippen molar-refractivity contribution in [3.63, 3.8) is 0 Å². The van der Waals surface area contributed by atoms with Crippen molar-refractivity contribution < 1.29 is 0 Å². The number of nitrogens with one attached hydrogen (secondary N) is 1. The lowest BCUT2D eigenvalue weighted by Crippen LogP contribution is -2.12. The molecule has 0 atom stereocenters. The van der Waals surface area contributed by atoms with Crippen molar-refractivity contribution >= 4 is 5.82 Å². The van der Waals surface area contributed by atoms with E-state index in [9.17, 15) is 0 Å². The van der Waals surface area contributed by atoms with E-state index in [0.717, 1.165) is 55.4 Å². The van der Waals surface area contributed by atoms with E-state index in [1.807, 2.05) is 24.4 Å². The lowest BCUT2D eigenvalue weighted by molar-refractivity contribution is 0.600. The van der Waals surface area contributed by atoms with Gasteiger partial charge in [0.15, 0.2) is 5.82 Å². The van der Waals surface area contributed by atoms with Gasteiger partial charge in [0.2, 0.25) is 0 Å². The summed E-state index contributed by atoms with van der Waals surface area (Å²) in [6.07, 6.45) is 8.31. The van der Waals surface area contributed by atoms with Crippen molar-refractivity contribution in [3.8, 4) is 11.4 Å². The van der Waals surface area contributed by atoms with Gasteiger partial charge in [0.1, 0.15) is 11.6 Å². The Balaban J connectivity index is 1.46. The van der Waals surface area contributed by atoms with Gasteiger partial charge in [0, 0.05) is 48.2 Å². The molecule has 5 heteroatoms. The lowest BCUT2D eigenvalue weighted by atomic mass is 10.2. The molecule has 1 aliphatic rings. The molecule has 1 N–H and O–H groups in total. The fraction of sp³-hybridized carbons (Fsp3) is 0.409. The summed E-state index contributed by atoms with van der Waals surface area (Å²) in [5, 5.41) is 3.58. The smallest absolute Gasteiger partial charge is 0.161 e. The summed E-state index contributed by atoms with van der Waals surface area (Å²) >= 11 is 0. The Bertz CT molecular complexity index is 898. The minimum atomic E-state index is 0.450. The average molecular weight is 361 g/mol. The molecule has 0 spiro atoms. The van der Waals surface area contributed by atoms with Crippen molar-refractivity contribution in [1.29, 1.82) is 0 Å². The maximum absolute atomic E-state index is 4.85. The second-order valence-corrected chi connectivity index (χ2v) is 7.45. The first-order chi connectivity index (χ1) is 13.2. The van der Waals surface area contributed by atoms with E-state index in [1.165, 1.54) is 17.7 Å². The van der Waals surface area contributed by atoms with Gasteiger partial charge in [-0.25, -0.2) is 15.0 Å². The molecule has 2 aromatic heterocycles. The van der Waals surface area contributed by atoms with E-state index >= 15 is 0 Å². The van der Waals surface area contributed by atoms with E-state index in [2.05, 4.69) is 47.0 Å². The largest absolute Gasteiger partial charge is 0.370 e. The average Bonchev–Trinajstić information content (AvgIpc) is 3.35. The summed E-state index contributed by atoms with van der Waals surface area (Å²) in [6, 6.07) is 10.3. The number of aromatic nitrogens is 4. The Kier molecular flexibility index (Phi) is 5.19. The van der Waals surface area contributed by atoms with Gasteiger partial charge in [0.05, 0.1) is 0 Å². The van der Waals surface area contributed by atoms with E-state index in [1.54, 1.807) is 0 Å². The van der Waals surface area contributed by atoms with Gasteiger partial charge in [-0.3, -0.25) is 0 Å². The number of aryl methyl sites for hydroxylation is 2. The monoisotopic (exact) mass is 361 g/mol. The molecule has 1 aliphatic carbocycles. The van der Waals surface area contributed by atoms with Crippen LogP contribution >= 0.6 is 0 Å². The van der Waals surface area contributed by atoms with Crippen LogP contribution in [0.4, 0.5) is 5.82 Å². The zero-order valence-corrected chi connectivity index (χ0v) is 16.2. The van der Waals surface area contributed by atoms with Crippen LogP contribution in [0.15, 0.2) is 42.7 Å². The number of benzene rings is 1. The quantitative estimate of drug-likeness (QED) is 0.632. The maximum Gasteiger partial charge on any atom is 0.161 e. The third kappa shape index (κ3) is 3.87. The standard InChI is InChI=1S/C22H27N5/c1-16(2)22-24-13-15-27(22)14-7-12-23-21-18-10-6-11-19(18)25-20(26-21)17-8-4-3-5-9-17/h3-5,8-9,13,15-16H,6-7,10-12,14H2,1-2H3,(H,23,25,26). The number of rotatable bonds is 7. The molecule has 0 amide bonds. The predicted octanol–water partition coefficient (Wildman–Crippen LogP) is 4.45. The maximum atomic E-state index is 4.85. The molecule has 140 valence electrons. The molecule has 0 saturated heterocycles. The van der Waals surface area contributed by atoms with Gasteiger partial charge in [-0.1, -0.05) is 44.2 Å². The van der Waals surface area contributed by atoms with E-state index < -0.39 is 0 Å². The molecule has 0 aliphatic heterocycles. The Labute approximate surface area is 160 Å². The summed E-state index contributed by atoms with van der Waals surface area (Å²) in [5.74, 6) is 3.46. The normalized spacial score (nSPS) is 13.1. The summed E-state index contributed by atoms with van der Waals surface area (Å²) < 4.78 is 2.26. The predicted molar refractivity (Wildman–Crippen MR) is 109 cm³/mol. The number of nitrogens with zero attached hydrogens (tertiary/aromatic N) is 4. The Hall–Kier alpha value is -2.69. The number of hydrogen-bond donors (Lipinski definition) is 1. The van der Waals surface area contributed by atoms with Gasteiger partial charge in [-0.2, -0.15) is 0 Å². The van der Waals surface area contributed by atoms with Gasteiger partial charge in [0.25, 0.3) is 0 Å². The molecule has 5 nitrogen and oxygen atoms in total. The van der Waals surface area contributed by atoms with Crippen molar-refractivity contribution in [1.82, 2.24) is 19.5 Å². The van der Waals surface area contributed by atoms with Crippen LogP contribution in [0, 0.1) is 0 Å². The number of fused-ring (bicyclic) bond motifs is 1. The fourth-order valence-corrected chi connectivity index (χ4v) is 3.76. The Morgan fingerprint density at radius 2 is 1.96 bits per heavy atom. The first-order valence-electron chi connectivity index (χ1n) is 9.92. The Morgan fingerprint density at radius 1 is 1.11 bits per heavy atom. The Morgan fingerprint density at radius 3 is 2.78 bits per heavy atom. The van der Waals surface area contributed by atoms with Gasteiger partial charge in [-0.15, -0.1) is 0 Å². The second kappa shape index (κ2) is 7.91. The minimum absolute atomic E-state index is 0.450. The molecule has 0 bridgehead atoms. The second-order valence-electron chi connectivity index (χ2n) is 7.45. The summed E-state index contributed by atoms with van der Waals surface area (Å²) in [5.41, 5.74) is 3.60. The zero-order chi connectivity index (χ0) is 18.6. The van der Waals surface area contributed by atoms with E-state index in [-0.39, 0.29) is 0 Å². The number of hydrogen-bond acceptors (Lipinski definition) is 4. The van der Waals surface area contributed by atoms with Crippen LogP contribution in [0.25, 0.3) is 11.4 Å². The van der Waals surface area contributed by atoms with Crippen molar-refractivity contribution in [2.24, 2.45) is 0 Å². The molecule has 0 fully saturated rings. The first kappa shape index (κ1) is 17.7. The van der Waals surface area contributed by atoms with Crippen molar-refractivity contribution in [3.05, 3.63) is 59.8 Å². The highest BCUT2D eigenvalue weighted by atomic mass is 15.1. The third-order valence-electron chi connectivity index (χ3n) is 5.10. The van der Waals surface area contributed by atoms with Crippen LogP contribution in [0.5, 0.6) is 0 Å². The fourth-order valence-electron chi connectivity index (χ4n) is 3.76. The van der Waals surface area contributed by atoms with Crippen LogP contribution in [0.1, 0.15) is 49.7 Å². The van der Waals surface area contributed by atoms with Crippen LogP contribution in [0.2, 0.25) is 0 Å². The van der Waals surface area contributed by atoms with Crippen LogP contribution < -0.4 is 5.32 Å². The summed E-state index contributed by atoms with van der Waals surface area (Å²) in [6.45, 7) is 6.24. The highest BCUT2D eigenvalue weighted by Crippen LogP contribution is 2.29. The first-order valence-corrected chi connectivity index (χ1v) is 9.92. The van der Waals surface area contributed by atoms with Crippen LogP contribution in [-0.4, -0.2) is 26.1 Å². The molecular weight excluding hydrogens is 334 g/mol. The van der Waals surface area contributed by atoms with Gasteiger partial charge >= 0.3 is 0 Å². The van der Waals surface area contributed by atoms with Crippen LogP contribution in [-0.2, 0) is 19.4 Å². The molecule has 3 aromatic rings. The van der Waals surface area contributed by atoms with Gasteiger partial charge < -0.3 is 9.88 Å². The van der Waals surface area contributed by atoms with Gasteiger partial charge in [-0.05, 0) is 25.7 Å².